The van der Waals surface area contributed by atoms with E-state index in [4.69, 9.17) is 0 Å². The molecule has 0 N–H and O–H groups in total. The van der Waals surface area contributed by atoms with Crippen LogP contribution in [0.4, 0.5) is 11.4 Å². The number of rotatable bonds is 0. The highest BCUT2D eigenvalue weighted by Gasteiger charge is 2.43. The number of anilines is 2. The summed E-state index contributed by atoms with van der Waals surface area (Å²) in [6, 6.07) is 36.5. The molecule has 5 aromatic carbocycles. The second kappa shape index (κ2) is 7.05. The van der Waals surface area contributed by atoms with Gasteiger partial charge in [-0.3, -0.25) is 0 Å². The summed E-state index contributed by atoms with van der Waals surface area (Å²) in [7, 11) is 2.26. The van der Waals surface area contributed by atoms with Gasteiger partial charge in [-0.2, -0.15) is 0 Å². The lowest BCUT2D eigenvalue weighted by atomic mass is 9.75. The summed E-state index contributed by atoms with van der Waals surface area (Å²) in [6.07, 6.45) is 0. The van der Waals surface area contributed by atoms with Crippen molar-refractivity contribution in [1.82, 2.24) is 0 Å². The van der Waals surface area contributed by atoms with Gasteiger partial charge in [0.25, 0.3) is 0 Å². The fraction of sp³-hybridized carbons (Fsp3) is 0.189. The smallest absolute Gasteiger partial charge is 0.0491 e. The Hall–Kier alpha value is -4.10. The molecule has 1 aliphatic heterocycles. The van der Waals surface area contributed by atoms with Crippen molar-refractivity contribution in [2.45, 2.75) is 38.5 Å². The highest BCUT2D eigenvalue weighted by Crippen LogP contribution is 2.61. The molecule has 8 rings (SSSR count). The number of hydrogen-bond acceptors (Lipinski definition) is 1. The van der Waals surface area contributed by atoms with Crippen LogP contribution in [0, 0.1) is 0 Å². The zero-order valence-corrected chi connectivity index (χ0v) is 22.7. The van der Waals surface area contributed by atoms with E-state index >= 15 is 0 Å². The van der Waals surface area contributed by atoms with Crippen LogP contribution < -0.4 is 4.90 Å². The van der Waals surface area contributed by atoms with E-state index in [9.17, 15) is 0 Å². The highest BCUT2D eigenvalue weighted by molar-refractivity contribution is 6.07. The van der Waals surface area contributed by atoms with Crippen molar-refractivity contribution in [2.75, 3.05) is 11.9 Å². The Kier molecular flexibility index (Phi) is 4.07. The first-order chi connectivity index (χ1) is 18.3. The van der Waals surface area contributed by atoms with E-state index in [1.807, 2.05) is 0 Å². The van der Waals surface area contributed by atoms with Crippen LogP contribution in [0.15, 0.2) is 97.1 Å². The molecule has 0 saturated heterocycles. The molecule has 1 nitrogen and oxygen atoms in total. The molecule has 184 valence electrons. The molecule has 0 amide bonds. The summed E-state index contributed by atoms with van der Waals surface area (Å²) in [5.41, 5.74) is 19.0. The van der Waals surface area contributed by atoms with Gasteiger partial charge in [0, 0.05) is 40.4 Å². The molecule has 2 aliphatic carbocycles. The first-order valence-electron chi connectivity index (χ1n) is 13.7. The first-order valence-corrected chi connectivity index (χ1v) is 13.7. The molecule has 0 spiro atoms. The molecule has 5 aromatic rings. The van der Waals surface area contributed by atoms with Crippen LogP contribution in [-0.2, 0) is 10.8 Å². The van der Waals surface area contributed by atoms with Gasteiger partial charge < -0.3 is 4.90 Å². The predicted molar refractivity (Wildman–Crippen MR) is 161 cm³/mol. The van der Waals surface area contributed by atoms with Gasteiger partial charge >= 0.3 is 0 Å². The lowest BCUT2D eigenvalue weighted by Crippen LogP contribution is -2.19. The van der Waals surface area contributed by atoms with Crippen molar-refractivity contribution in [3.05, 3.63) is 119 Å². The molecular formula is C37H31N. The van der Waals surface area contributed by atoms with Crippen LogP contribution in [0.3, 0.4) is 0 Å². The van der Waals surface area contributed by atoms with Gasteiger partial charge in [-0.05, 0) is 67.8 Å². The molecule has 0 unspecified atom stereocenters. The van der Waals surface area contributed by atoms with Crippen LogP contribution in [0.2, 0.25) is 0 Å². The minimum atomic E-state index is -0.0841. The van der Waals surface area contributed by atoms with Gasteiger partial charge in [-0.15, -0.1) is 0 Å². The van der Waals surface area contributed by atoms with Crippen molar-refractivity contribution < 1.29 is 0 Å². The molecule has 1 heterocycles. The molecule has 0 radical (unpaired) electrons. The van der Waals surface area contributed by atoms with Gasteiger partial charge in [0.1, 0.15) is 0 Å². The Labute approximate surface area is 225 Å². The summed E-state index contributed by atoms with van der Waals surface area (Å²) in [4.78, 5) is 2.45. The van der Waals surface area contributed by atoms with Gasteiger partial charge in [-0.1, -0.05) is 113 Å². The van der Waals surface area contributed by atoms with Crippen molar-refractivity contribution in [3.63, 3.8) is 0 Å². The average Bonchev–Trinajstić information content (AvgIpc) is 3.27. The molecular weight excluding hydrogens is 458 g/mol. The highest BCUT2D eigenvalue weighted by atomic mass is 15.1. The largest absolute Gasteiger partial charge is 0.344 e. The van der Waals surface area contributed by atoms with E-state index in [-0.39, 0.29) is 10.8 Å². The van der Waals surface area contributed by atoms with Gasteiger partial charge in [-0.25, -0.2) is 0 Å². The maximum atomic E-state index is 2.45. The van der Waals surface area contributed by atoms with E-state index < -0.39 is 0 Å². The average molecular weight is 490 g/mol. The number of hydrogen-bond donors (Lipinski definition) is 0. The van der Waals surface area contributed by atoms with Crippen LogP contribution in [0.25, 0.3) is 44.5 Å². The Morgan fingerprint density at radius 1 is 0.421 bits per heavy atom. The molecule has 1 heteroatoms. The topological polar surface area (TPSA) is 3.24 Å². The van der Waals surface area contributed by atoms with E-state index in [0.717, 1.165) is 0 Å². The third kappa shape index (κ3) is 2.48. The van der Waals surface area contributed by atoms with Crippen molar-refractivity contribution in [1.29, 1.82) is 0 Å². The SMILES string of the molecule is CN1c2ccc3c(c2-c2ccccc2-c2c1ccc1c2C(C)(C)c2ccccc2-1)C(C)(C)c1ccccc1-3. The normalized spacial score (nSPS) is 16.4. The third-order valence-corrected chi connectivity index (χ3v) is 9.59. The van der Waals surface area contributed by atoms with Gasteiger partial charge in [0.2, 0.25) is 0 Å². The minimum Gasteiger partial charge on any atom is -0.344 e. The van der Waals surface area contributed by atoms with E-state index in [0.29, 0.717) is 0 Å². The molecule has 0 bridgehead atoms. The quantitative estimate of drug-likeness (QED) is 0.209. The lowest BCUT2D eigenvalue weighted by Gasteiger charge is -2.29. The molecule has 0 atom stereocenters. The second-order valence-electron chi connectivity index (χ2n) is 12.2. The molecule has 38 heavy (non-hydrogen) atoms. The fourth-order valence-electron chi connectivity index (χ4n) is 7.88. The van der Waals surface area contributed by atoms with E-state index in [1.165, 1.54) is 78.1 Å². The number of benzene rings is 5. The van der Waals surface area contributed by atoms with Gasteiger partial charge in [0.15, 0.2) is 0 Å². The van der Waals surface area contributed by atoms with E-state index in [2.05, 4.69) is 137 Å². The third-order valence-electron chi connectivity index (χ3n) is 9.59. The number of fused-ring (bicyclic) bond motifs is 13. The summed E-state index contributed by atoms with van der Waals surface area (Å²) < 4.78 is 0. The van der Waals surface area contributed by atoms with Crippen LogP contribution in [-0.4, -0.2) is 7.05 Å². The lowest BCUT2D eigenvalue weighted by molar-refractivity contribution is 0.662. The van der Waals surface area contributed by atoms with Gasteiger partial charge in [0.05, 0.1) is 0 Å². The molecule has 3 aliphatic rings. The van der Waals surface area contributed by atoms with Crippen LogP contribution in [0.1, 0.15) is 49.9 Å². The number of nitrogens with zero attached hydrogens (tertiary/aromatic N) is 1. The zero-order chi connectivity index (χ0) is 26.0. The maximum absolute atomic E-state index is 2.45. The Bertz CT molecular complexity index is 1700. The second-order valence-corrected chi connectivity index (χ2v) is 12.2. The summed E-state index contributed by atoms with van der Waals surface area (Å²) in [5, 5.41) is 0. The monoisotopic (exact) mass is 489 g/mol. The fourth-order valence-corrected chi connectivity index (χ4v) is 7.88. The predicted octanol–water partition coefficient (Wildman–Crippen LogP) is 9.71. The van der Waals surface area contributed by atoms with Crippen molar-refractivity contribution in [3.8, 4) is 44.5 Å². The zero-order valence-electron chi connectivity index (χ0n) is 22.7. The van der Waals surface area contributed by atoms with Crippen molar-refractivity contribution >= 4 is 11.4 Å². The van der Waals surface area contributed by atoms with Crippen molar-refractivity contribution in [2.24, 2.45) is 0 Å². The standard InChI is InChI=1S/C37H31N/c1-36(2)28-16-10-8-12-22(28)26-18-20-30-32(34(26)36)24-14-6-7-15-25(24)33-31(38(30)5)21-19-27-23-13-9-11-17-29(23)37(3,4)35(27)33/h6-21H,1-5H3. The molecule has 0 saturated carbocycles. The van der Waals surface area contributed by atoms with E-state index in [1.54, 1.807) is 0 Å². The Balaban J connectivity index is 1.51. The van der Waals surface area contributed by atoms with Crippen LogP contribution in [0.5, 0.6) is 0 Å². The molecule has 0 aromatic heterocycles. The van der Waals surface area contributed by atoms with Crippen LogP contribution >= 0.6 is 0 Å². The Morgan fingerprint density at radius 3 is 1.21 bits per heavy atom. The Morgan fingerprint density at radius 2 is 0.789 bits per heavy atom. The summed E-state index contributed by atoms with van der Waals surface area (Å²) in [5.74, 6) is 0. The summed E-state index contributed by atoms with van der Waals surface area (Å²) >= 11 is 0. The maximum Gasteiger partial charge on any atom is 0.0491 e. The first kappa shape index (κ1) is 21.9. The minimum absolute atomic E-state index is 0.0841. The summed E-state index contributed by atoms with van der Waals surface area (Å²) in [6.45, 7) is 9.60. The molecule has 0 fully saturated rings.